The number of benzene rings is 1. The molecule has 21 heavy (non-hydrogen) atoms. The average Bonchev–Trinajstić information content (AvgIpc) is 2.45. The third-order valence-electron chi connectivity index (χ3n) is 2.93. The van der Waals surface area contributed by atoms with Crippen LogP contribution in [0.25, 0.3) is 0 Å². The molecule has 1 rings (SSSR count). The molecule has 0 saturated carbocycles. The van der Waals surface area contributed by atoms with Crippen molar-refractivity contribution >= 4 is 29.2 Å². The molecule has 1 unspecified atom stereocenters. The highest BCUT2D eigenvalue weighted by atomic mass is 35.5. The van der Waals surface area contributed by atoms with Crippen LogP contribution in [0.2, 0.25) is 5.02 Å². The van der Waals surface area contributed by atoms with E-state index in [0.29, 0.717) is 12.2 Å². The number of amides is 1. The van der Waals surface area contributed by atoms with E-state index in [2.05, 4.69) is 10.6 Å². The van der Waals surface area contributed by atoms with Crippen molar-refractivity contribution in [2.24, 2.45) is 5.92 Å². The van der Waals surface area contributed by atoms with E-state index in [-0.39, 0.29) is 28.2 Å². The highest BCUT2D eigenvalue weighted by molar-refractivity contribution is 6.34. The number of anilines is 1. The van der Waals surface area contributed by atoms with E-state index >= 15 is 0 Å². The third kappa shape index (κ3) is 4.61. The fourth-order valence-corrected chi connectivity index (χ4v) is 1.91. The fourth-order valence-electron chi connectivity index (χ4n) is 1.69. The molecule has 1 aromatic rings. The first-order valence-corrected chi connectivity index (χ1v) is 6.90. The molecule has 0 radical (unpaired) electrons. The van der Waals surface area contributed by atoms with E-state index in [0.717, 1.165) is 6.54 Å². The van der Waals surface area contributed by atoms with E-state index < -0.39 is 5.97 Å². The van der Waals surface area contributed by atoms with Crippen LogP contribution >= 0.6 is 11.6 Å². The molecule has 116 valence electrons. The number of halogens is 1. The van der Waals surface area contributed by atoms with Crippen LogP contribution < -0.4 is 15.4 Å². The topological polar surface area (TPSA) is 87.7 Å². The molecule has 6 nitrogen and oxygen atoms in total. The number of carboxylic acids is 1. The number of aromatic carboxylic acids is 1. The summed E-state index contributed by atoms with van der Waals surface area (Å²) in [6, 6.07) is 2.66. The molecule has 0 aliphatic rings. The Hall–Kier alpha value is -1.79. The van der Waals surface area contributed by atoms with Crippen LogP contribution in [0.1, 0.15) is 24.2 Å². The molecule has 3 N–H and O–H groups in total. The van der Waals surface area contributed by atoms with E-state index in [4.69, 9.17) is 21.4 Å². The van der Waals surface area contributed by atoms with Crippen LogP contribution in [-0.2, 0) is 4.79 Å². The first-order valence-electron chi connectivity index (χ1n) is 6.53. The van der Waals surface area contributed by atoms with E-state index in [1.54, 1.807) is 6.92 Å². The minimum atomic E-state index is -1.15. The van der Waals surface area contributed by atoms with Gasteiger partial charge >= 0.3 is 5.97 Å². The first-order chi connectivity index (χ1) is 9.90. The molecule has 0 heterocycles. The summed E-state index contributed by atoms with van der Waals surface area (Å²) in [4.78, 5) is 23.1. The highest BCUT2D eigenvalue weighted by Gasteiger charge is 2.18. The Labute approximate surface area is 128 Å². The third-order valence-corrected chi connectivity index (χ3v) is 3.24. The molecule has 0 saturated heterocycles. The van der Waals surface area contributed by atoms with Crippen molar-refractivity contribution in [1.82, 2.24) is 5.32 Å². The van der Waals surface area contributed by atoms with Crippen molar-refractivity contribution in [3.8, 4) is 5.75 Å². The van der Waals surface area contributed by atoms with Crippen LogP contribution in [0.3, 0.4) is 0 Å². The van der Waals surface area contributed by atoms with Gasteiger partial charge in [0.25, 0.3) is 0 Å². The number of hydrogen-bond donors (Lipinski definition) is 3. The highest BCUT2D eigenvalue weighted by Crippen LogP contribution is 2.31. The Morgan fingerprint density at radius 2 is 2.10 bits per heavy atom. The van der Waals surface area contributed by atoms with Gasteiger partial charge in [-0.3, -0.25) is 4.79 Å². The van der Waals surface area contributed by atoms with Gasteiger partial charge in [0.05, 0.1) is 17.8 Å². The monoisotopic (exact) mass is 314 g/mol. The lowest BCUT2D eigenvalue weighted by Crippen LogP contribution is -2.30. The van der Waals surface area contributed by atoms with Gasteiger partial charge in [0.1, 0.15) is 11.3 Å². The SMILES string of the molecule is CCNCC(C)C(=O)Nc1cc(OC)c(C(=O)O)cc1Cl. The molecule has 1 aromatic carbocycles. The lowest BCUT2D eigenvalue weighted by Gasteiger charge is -2.15. The zero-order valence-corrected chi connectivity index (χ0v) is 13.0. The molecule has 0 aliphatic carbocycles. The Kier molecular flexibility index (Phi) is 6.45. The molecule has 1 atom stereocenters. The summed E-state index contributed by atoms with van der Waals surface area (Å²) in [5, 5.41) is 15.0. The normalized spacial score (nSPS) is 11.8. The molecule has 0 bridgehead atoms. The van der Waals surface area contributed by atoms with E-state index in [9.17, 15) is 9.59 Å². The van der Waals surface area contributed by atoms with Gasteiger partial charge < -0.3 is 20.5 Å². The molecule has 0 fully saturated rings. The smallest absolute Gasteiger partial charge is 0.339 e. The van der Waals surface area contributed by atoms with Gasteiger partial charge in [-0.15, -0.1) is 0 Å². The second-order valence-corrected chi connectivity index (χ2v) is 4.94. The van der Waals surface area contributed by atoms with Gasteiger partial charge in [-0.2, -0.15) is 0 Å². The summed E-state index contributed by atoms with van der Waals surface area (Å²) < 4.78 is 5.01. The molecule has 1 amide bonds. The maximum absolute atomic E-state index is 12.0. The van der Waals surface area contributed by atoms with Crippen molar-refractivity contribution in [2.45, 2.75) is 13.8 Å². The van der Waals surface area contributed by atoms with Gasteiger partial charge in [0, 0.05) is 18.5 Å². The quantitative estimate of drug-likeness (QED) is 0.718. The molecular weight excluding hydrogens is 296 g/mol. The summed E-state index contributed by atoms with van der Waals surface area (Å²) in [6.45, 7) is 5.07. The summed E-state index contributed by atoms with van der Waals surface area (Å²) >= 11 is 6.01. The number of hydrogen-bond acceptors (Lipinski definition) is 4. The summed E-state index contributed by atoms with van der Waals surface area (Å²) in [6.07, 6.45) is 0. The number of carbonyl (C=O) groups excluding carboxylic acids is 1. The van der Waals surface area contributed by atoms with Crippen LogP contribution in [0, 0.1) is 5.92 Å². The number of methoxy groups -OCH3 is 1. The second kappa shape index (κ2) is 7.85. The standard InChI is InChI=1S/C14H19ClN2O4/c1-4-16-7-8(2)13(18)17-11-6-12(21-3)9(14(19)20)5-10(11)15/h5-6,8,16H,4,7H2,1-3H3,(H,17,18)(H,19,20). The Morgan fingerprint density at radius 1 is 1.43 bits per heavy atom. The first kappa shape index (κ1) is 17.3. The summed E-state index contributed by atoms with van der Waals surface area (Å²) in [7, 11) is 1.36. The fraction of sp³-hybridized carbons (Fsp3) is 0.429. The van der Waals surface area contributed by atoms with Gasteiger partial charge in [-0.25, -0.2) is 4.79 Å². The Morgan fingerprint density at radius 3 is 2.62 bits per heavy atom. The molecule has 0 spiro atoms. The molecule has 7 heteroatoms. The van der Waals surface area contributed by atoms with Gasteiger partial charge in [-0.05, 0) is 12.6 Å². The average molecular weight is 315 g/mol. The number of rotatable bonds is 7. The van der Waals surface area contributed by atoms with Crippen LogP contribution in [0.5, 0.6) is 5.75 Å². The minimum absolute atomic E-state index is 0.0544. The number of nitrogens with one attached hydrogen (secondary N) is 2. The number of carbonyl (C=O) groups is 2. The van der Waals surface area contributed by atoms with Gasteiger partial charge in [0.2, 0.25) is 5.91 Å². The zero-order valence-electron chi connectivity index (χ0n) is 12.2. The zero-order chi connectivity index (χ0) is 16.0. The lowest BCUT2D eigenvalue weighted by molar-refractivity contribution is -0.119. The maximum atomic E-state index is 12.0. The lowest BCUT2D eigenvalue weighted by atomic mass is 10.1. The predicted molar refractivity (Wildman–Crippen MR) is 81.3 cm³/mol. The van der Waals surface area contributed by atoms with Gasteiger partial charge in [-0.1, -0.05) is 25.4 Å². The van der Waals surface area contributed by atoms with Crippen LogP contribution in [0.15, 0.2) is 12.1 Å². The summed E-state index contributed by atoms with van der Waals surface area (Å²) in [5.41, 5.74) is 0.271. The minimum Gasteiger partial charge on any atom is -0.496 e. The van der Waals surface area contributed by atoms with Crippen molar-refractivity contribution in [3.63, 3.8) is 0 Å². The summed E-state index contributed by atoms with van der Waals surface area (Å²) in [5.74, 6) is -1.46. The van der Waals surface area contributed by atoms with Crippen molar-refractivity contribution in [1.29, 1.82) is 0 Å². The van der Waals surface area contributed by atoms with E-state index in [1.165, 1.54) is 19.2 Å². The molecule has 0 aromatic heterocycles. The van der Waals surface area contributed by atoms with Crippen molar-refractivity contribution < 1.29 is 19.4 Å². The number of carboxylic acid groups (broad SMARTS) is 1. The maximum Gasteiger partial charge on any atom is 0.339 e. The predicted octanol–water partition coefficient (Wildman–Crippen LogP) is 2.23. The van der Waals surface area contributed by atoms with Crippen molar-refractivity contribution in [2.75, 3.05) is 25.5 Å². The van der Waals surface area contributed by atoms with Crippen LogP contribution in [0.4, 0.5) is 5.69 Å². The second-order valence-electron chi connectivity index (χ2n) is 4.54. The van der Waals surface area contributed by atoms with Crippen molar-refractivity contribution in [3.05, 3.63) is 22.7 Å². The Bertz CT molecular complexity index is 534. The Balaban J connectivity index is 2.93. The van der Waals surface area contributed by atoms with Crippen LogP contribution in [-0.4, -0.2) is 37.2 Å². The number of ether oxygens (including phenoxy) is 1. The van der Waals surface area contributed by atoms with E-state index in [1.807, 2.05) is 6.92 Å². The molecular formula is C14H19ClN2O4. The van der Waals surface area contributed by atoms with Gasteiger partial charge in [0.15, 0.2) is 0 Å². The largest absolute Gasteiger partial charge is 0.496 e. The molecule has 0 aliphatic heterocycles.